The number of hydrogen-bond acceptors (Lipinski definition) is 4. The molecule has 4 bridgehead atoms. The fourth-order valence-electron chi connectivity index (χ4n) is 5.28. The van der Waals surface area contributed by atoms with Crippen LogP contribution in [0.1, 0.15) is 0 Å². The largest absolute Gasteiger partial charge is 0.373 e. The van der Waals surface area contributed by atoms with Gasteiger partial charge in [0.05, 0.1) is 34.1 Å². The van der Waals surface area contributed by atoms with Crippen LogP contribution < -0.4 is 0 Å². The van der Waals surface area contributed by atoms with Gasteiger partial charge in [-0.1, -0.05) is 46.4 Å². The van der Waals surface area contributed by atoms with E-state index in [2.05, 4.69) is 0 Å². The molecule has 5 aliphatic rings. The fraction of sp³-hybridized carbons (Fsp3) is 0.692. The normalized spacial score (nSPS) is 56.5. The Bertz CT molecular complexity index is 714. The zero-order chi connectivity index (χ0) is 17.6. The molecular weight excluding hydrogens is 447 g/mol. The van der Waals surface area contributed by atoms with Gasteiger partial charge < -0.3 is 4.74 Å². The molecule has 0 aromatic heterocycles. The first-order chi connectivity index (χ1) is 11.0. The highest BCUT2D eigenvalue weighted by molar-refractivity contribution is 6.65. The van der Waals surface area contributed by atoms with Crippen LogP contribution in [0.4, 0.5) is 0 Å². The molecule has 2 aliphatic carbocycles. The molecule has 0 radical (unpaired) electrons. The molecule has 1 N–H and O–H groups in total. The van der Waals surface area contributed by atoms with Crippen molar-refractivity contribution in [1.29, 1.82) is 0 Å². The maximum atomic E-state index is 12.2. The molecule has 11 heteroatoms. The fourth-order valence-corrected chi connectivity index (χ4v) is 8.34. The summed E-state index contributed by atoms with van der Waals surface area (Å²) in [6.45, 7) is 0. The van der Waals surface area contributed by atoms with Crippen molar-refractivity contribution >= 4 is 81.4 Å². The molecule has 130 valence electrons. The predicted octanol–water partition coefficient (Wildman–Crippen LogP) is 2.84. The highest BCUT2D eigenvalue weighted by Crippen LogP contribution is 2.81. The molecule has 0 spiro atoms. The van der Waals surface area contributed by atoms with Gasteiger partial charge in [0.1, 0.15) is 9.75 Å². The van der Waals surface area contributed by atoms with Crippen LogP contribution in [-0.2, 0) is 14.3 Å². The van der Waals surface area contributed by atoms with Crippen LogP contribution in [-0.4, -0.2) is 48.4 Å². The Morgan fingerprint density at radius 2 is 1.25 bits per heavy atom. The Morgan fingerprint density at radius 1 is 0.875 bits per heavy atom. The van der Waals surface area contributed by atoms with Crippen LogP contribution in [0.5, 0.6) is 0 Å². The lowest BCUT2D eigenvalue weighted by Crippen LogP contribution is -2.50. The Kier molecular flexibility index (Phi) is 3.01. The number of fused-ring (bicyclic) bond motifs is 12. The summed E-state index contributed by atoms with van der Waals surface area (Å²) in [5, 5.41) is 9.86. The standard InChI is InChI=1S/C13H7Cl6NO4/c14-7-8(15)12(17)4-3(11(7,16)13(12,18)19)5-1-2(6(4)24-5)10(22)20(23)9(1)21/h1-6,23H/t1-,2-,3+,4+,5-,6-,11+,12+/m1/s1. The zero-order valence-corrected chi connectivity index (χ0v) is 15.9. The number of halogens is 6. The van der Waals surface area contributed by atoms with Crippen molar-refractivity contribution in [2.75, 3.05) is 0 Å². The Balaban J connectivity index is 1.73. The first kappa shape index (κ1) is 16.7. The van der Waals surface area contributed by atoms with Gasteiger partial charge >= 0.3 is 0 Å². The summed E-state index contributed by atoms with van der Waals surface area (Å²) >= 11 is 39.2. The number of rotatable bonds is 0. The number of ether oxygens (including phenoxy) is 1. The van der Waals surface area contributed by atoms with Gasteiger partial charge in [0.25, 0.3) is 11.8 Å². The first-order valence-electron chi connectivity index (χ1n) is 7.07. The number of carbonyl (C=O) groups is 2. The highest BCUT2D eigenvalue weighted by atomic mass is 35.5. The minimum atomic E-state index is -1.74. The minimum Gasteiger partial charge on any atom is -0.373 e. The van der Waals surface area contributed by atoms with E-state index in [1.807, 2.05) is 0 Å². The maximum absolute atomic E-state index is 12.2. The van der Waals surface area contributed by atoms with E-state index in [0.717, 1.165) is 0 Å². The Morgan fingerprint density at radius 3 is 1.62 bits per heavy atom. The van der Waals surface area contributed by atoms with Crippen LogP contribution in [0.3, 0.4) is 0 Å². The van der Waals surface area contributed by atoms with Crippen LogP contribution in [0, 0.1) is 23.7 Å². The molecule has 4 fully saturated rings. The number of nitrogens with zero attached hydrogens (tertiary/aromatic N) is 1. The number of hydroxylamine groups is 2. The van der Waals surface area contributed by atoms with E-state index in [1.165, 1.54) is 0 Å². The van der Waals surface area contributed by atoms with E-state index < -0.39 is 61.8 Å². The van der Waals surface area contributed by atoms with Gasteiger partial charge in [0.2, 0.25) is 0 Å². The summed E-state index contributed by atoms with van der Waals surface area (Å²) in [6.07, 6.45) is -1.57. The lowest BCUT2D eigenvalue weighted by atomic mass is 9.65. The van der Waals surface area contributed by atoms with E-state index >= 15 is 0 Å². The third-order valence-electron chi connectivity index (χ3n) is 6.16. The summed E-state index contributed by atoms with van der Waals surface area (Å²) in [5.74, 6) is -4.42. The van der Waals surface area contributed by atoms with Crippen LogP contribution in [0.25, 0.3) is 0 Å². The Hall–Kier alpha value is 0.540. The van der Waals surface area contributed by atoms with Gasteiger partial charge in [0, 0.05) is 11.8 Å². The van der Waals surface area contributed by atoms with Gasteiger partial charge in [-0.2, -0.15) is 5.06 Å². The third kappa shape index (κ3) is 1.28. The second-order valence-electron chi connectivity index (χ2n) is 6.78. The van der Waals surface area contributed by atoms with Crippen molar-refractivity contribution < 1.29 is 19.5 Å². The van der Waals surface area contributed by atoms with Crippen LogP contribution in [0.15, 0.2) is 10.1 Å². The van der Waals surface area contributed by atoms with Crippen molar-refractivity contribution in [3.63, 3.8) is 0 Å². The van der Waals surface area contributed by atoms with E-state index in [4.69, 9.17) is 74.3 Å². The van der Waals surface area contributed by atoms with Gasteiger partial charge in [-0.05, 0) is 0 Å². The van der Waals surface area contributed by atoms with Gasteiger partial charge in [-0.3, -0.25) is 14.8 Å². The van der Waals surface area contributed by atoms with Crippen molar-refractivity contribution in [2.24, 2.45) is 23.7 Å². The molecule has 24 heavy (non-hydrogen) atoms. The molecule has 3 saturated heterocycles. The molecule has 2 amide bonds. The lowest BCUT2D eigenvalue weighted by Gasteiger charge is -2.39. The molecule has 5 nitrogen and oxygen atoms in total. The van der Waals surface area contributed by atoms with Crippen molar-refractivity contribution in [2.45, 2.75) is 26.3 Å². The minimum absolute atomic E-state index is 0.0254. The zero-order valence-electron chi connectivity index (χ0n) is 11.4. The second kappa shape index (κ2) is 4.33. The van der Waals surface area contributed by atoms with Gasteiger partial charge in [0.15, 0.2) is 4.33 Å². The van der Waals surface area contributed by atoms with Crippen LogP contribution in [0.2, 0.25) is 0 Å². The van der Waals surface area contributed by atoms with Crippen LogP contribution >= 0.6 is 69.6 Å². The van der Waals surface area contributed by atoms with Crippen molar-refractivity contribution in [3.8, 4) is 0 Å². The molecule has 0 aromatic carbocycles. The SMILES string of the molecule is O=C1[C@H]2[C@H]3O[C@H]([C@@H]2C(=O)N1O)[C@@H]1[C@@H]3[C@]2(Cl)C(Cl)=C(Cl)[C@]1(Cl)C2(Cl)Cl. The van der Waals surface area contributed by atoms with Gasteiger partial charge in [-0.25, -0.2) is 0 Å². The summed E-state index contributed by atoms with van der Waals surface area (Å²) in [5.41, 5.74) is 0. The van der Waals surface area contributed by atoms with E-state index in [0.29, 0.717) is 0 Å². The number of alkyl halides is 4. The monoisotopic (exact) mass is 451 g/mol. The van der Waals surface area contributed by atoms with Crippen molar-refractivity contribution in [3.05, 3.63) is 10.1 Å². The molecule has 5 rings (SSSR count). The third-order valence-corrected chi connectivity index (χ3v) is 10.4. The highest BCUT2D eigenvalue weighted by Gasteiger charge is 2.89. The summed E-state index contributed by atoms with van der Waals surface area (Å²) in [7, 11) is 0. The summed E-state index contributed by atoms with van der Waals surface area (Å²) in [4.78, 5) is 21.4. The predicted molar refractivity (Wildman–Crippen MR) is 86.6 cm³/mol. The molecule has 1 saturated carbocycles. The van der Waals surface area contributed by atoms with E-state index in [-0.39, 0.29) is 15.1 Å². The Labute approximate surface area is 165 Å². The molecule has 8 atom stereocenters. The molecule has 0 aromatic rings. The topological polar surface area (TPSA) is 66.8 Å². The average Bonchev–Trinajstić information content (AvgIpc) is 3.21. The lowest BCUT2D eigenvalue weighted by molar-refractivity contribution is -0.176. The van der Waals surface area contributed by atoms with Crippen molar-refractivity contribution in [1.82, 2.24) is 5.06 Å². The molecule has 3 heterocycles. The quantitative estimate of drug-likeness (QED) is 0.348. The second-order valence-corrected chi connectivity index (χ2v) is 10.1. The smallest absolute Gasteiger partial charge is 0.259 e. The number of carbonyl (C=O) groups excluding carboxylic acids is 2. The molecule has 0 unspecified atom stereocenters. The van der Waals surface area contributed by atoms with Gasteiger partial charge in [-0.15, -0.1) is 23.2 Å². The number of hydrogen-bond donors (Lipinski definition) is 1. The number of allylic oxidation sites excluding steroid dienone is 2. The van der Waals surface area contributed by atoms with E-state index in [9.17, 15) is 14.8 Å². The number of amides is 2. The maximum Gasteiger partial charge on any atom is 0.259 e. The molecular formula is C13H7Cl6NO4. The summed E-state index contributed by atoms with van der Waals surface area (Å²) < 4.78 is 4.15. The summed E-state index contributed by atoms with van der Waals surface area (Å²) in [6, 6.07) is 0. The average molecular weight is 454 g/mol. The first-order valence-corrected chi connectivity index (χ1v) is 9.33. The number of imide groups is 1. The molecule has 3 aliphatic heterocycles. The van der Waals surface area contributed by atoms with E-state index in [1.54, 1.807) is 0 Å².